The third-order valence-electron chi connectivity index (χ3n) is 7.98. The van der Waals surface area contributed by atoms with Gasteiger partial charge in [0, 0.05) is 60.5 Å². The van der Waals surface area contributed by atoms with Crippen LogP contribution in [0.3, 0.4) is 0 Å². The van der Waals surface area contributed by atoms with Crippen LogP contribution in [0.5, 0.6) is 11.6 Å². The van der Waals surface area contributed by atoms with Crippen LogP contribution in [0.15, 0.2) is 64.8 Å². The molecule has 1 aliphatic carbocycles. The van der Waals surface area contributed by atoms with Gasteiger partial charge in [-0.05, 0) is 37.6 Å². The molecule has 46 heavy (non-hydrogen) atoms. The molecular formula is C31H37N7O6S2. The number of anilines is 1. The van der Waals surface area contributed by atoms with Crippen molar-refractivity contribution in [2.24, 2.45) is 0 Å². The average molecular weight is 668 g/mol. The number of pyridine rings is 1. The lowest BCUT2D eigenvalue weighted by atomic mass is 9.87. The number of carbonyl (C=O) groups is 1. The molecule has 0 bridgehead atoms. The number of amides is 1. The van der Waals surface area contributed by atoms with Crippen molar-refractivity contribution in [3.05, 3.63) is 76.7 Å². The first-order chi connectivity index (χ1) is 22.1. The maximum Gasteiger partial charge on any atom is 0.272 e. The summed E-state index contributed by atoms with van der Waals surface area (Å²) < 4.78 is 45.8. The number of aromatic amines is 1. The number of thioether (sulfide) groups is 1. The molecule has 0 radical (unpaired) electrons. The van der Waals surface area contributed by atoms with Crippen LogP contribution in [-0.4, -0.2) is 85.8 Å². The molecule has 4 heterocycles. The van der Waals surface area contributed by atoms with Crippen LogP contribution >= 0.6 is 11.8 Å². The predicted octanol–water partition coefficient (Wildman–Crippen LogP) is 3.03. The molecule has 2 aliphatic heterocycles. The molecule has 1 aromatic carbocycles. The van der Waals surface area contributed by atoms with E-state index in [0.29, 0.717) is 23.4 Å². The SMILES string of the molecule is COc1ccccc1S(=O)(=O)Nc1cc(C2C=C(NC(=O)C3=CSC(CN4C[C@@H](C)O[C@@H](C)C4)N3)c3cn[nH]c3C2)cnc1OC. The zero-order valence-corrected chi connectivity index (χ0v) is 27.6. The van der Waals surface area contributed by atoms with Crippen LogP contribution in [0.2, 0.25) is 0 Å². The second kappa shape index (κ2) is 13.4. The molecule has 15 heteroatoms. The molecule has 0 spiro atoms. The Morgan fingerprint density at radius 2 is 1.93 bits per heavy atom. The smallest absolute Gasteiger partial charge is 0.272 e. The van der Waals surface area contributed by atoms with Gasteiger partial charge in [0.05, 0.1) is 38.0 Å². The van der Waals surface area contributed by atoms with E-state index in [1.165, 1.54) is 20.3 Å². The number of carbonyl (C=O) groups excluding carboxylic acids is 1. The van der Waals surface area contributed by atoms with Gasteiger partial charge in [-0.3, -0.25) is 19.5 Å². The number of sulfonamides is 1. The number of aromatic nitrogens is 3. The Morgan fingerprint density at radius 1 is 1.15 bits per heavy atom. The minimum Gasteiger partial charge on any atom is -0.495 e. The number of H-pyrrole nitrogens is 1. The number of benzene rings is 1. The number of fused-ring (bicyclic) bond motifs is 1. The van der Waals surface area contributed by atoms with Crippen molar-refractivity contribution in [2.75, 3.05) is 38.6 Å². The first kappa shape index (κ1) is 31.9. The van der Waals surface area contributed by atoms with Gasteiger partial charge >= 0.3 is 0 Å². The standard InChI is InChI=1S/C31H37N7O6S2/c1-18-14-38(15-19(2)44-18)16-29-34-26(17-45-29)30(39)35-23-9-20(10-24-22(23)13-33-36-24)21-11-25(31(43-4)32-12-21)37-46(40,41)28-8-6-5-7-27(28)42-3/h5-9,11-13,17-20,29,34,37H,10,14-16H2,1-4H3,(H,33,36)(H,35,39)/t18-,19+,20?,29?. The summed E-state index contributed by atoms with van der Waals surface area (Å²) in [5.41, 5.74) is 3.62. The lowest BCUT2D eigenvalue weighted by Crippen LogP contribution is -2.49. The van der Waals surface area contributed by atoms with E-state index < -0.39 is 10.0 Å². The summed E-state index contributed by atoms with van der Waals surface area (Å²) in [4.78, 5) is 20.2. The fraction of sp³-hybridized carbons (Fsp3) is 0.387. The summed E-state index contributed by atoms with van der Waals surface area (Å²) in [7, 11) is -1.21. The van der Waals surface area contributed by atoms with Crippen LogP contribution < -0.4 is 24.8 Å². The fourth-order valence-electron chi connectivity index (χ4n) is 6.00. The van der Waals surface area contributed by atoms with Crippen molar-refractivity contribution in [2.45, 2.75) is 48.7 Å². The predicted molar refractivity (Wildman–Crippen MR) is 175 cm³/mol. The molecule has 1 amide bonds. The molecule has 2 aromatic heterocycles. The van der Waals surface area contributed by atoms with Crippen molar-refractivity contribution >= 4 is 39.1 Å². The number of nitrogens with one attached hydrogen (secondary N) is 4. The molecule has 13 nitrogen and oxygen atoms in total. The van der Waals surface area contributed by atoms with Crippen LogP contribution in [0, 0.1) is 0 Å². The number of nitrogens with zero attached hydrogens (tertiary/aromatic N) is 3. The average Bonchev–Trinajstić information content (AvgIpc) is 3.70. The Kier molecular flexibility index (Phi) is 9.27. The maximum atomic E-state index is 13.4. The zero-order valence-electron chi connectivity index (χ0n) is 25.9. The van der Waals surface area contributed by atoms with Crippen molar-refractivity contribution in [3.8, 4) is 11.6 Å². The molecule has 4 atom stereocenters. The van der Waals surface area contributed by atoms with Crippen LogP contribution in [0.25, 0.3) is 5.70 Å². The molecule has 1 saturated heterocycles. The third-order valence-corrected chi connectivity index (χ3v) is 10.3. The summed E-state index contributed by atoms with van der Waals surface area (Å²) in [5.74, 6) is -0.183. The summed E-state index contributed by atoms with van der Waals surface area (Å²) in [6.07, 6.45) is 6.14. The highest BCUT2D eigenvalue weighted by Gasteiger charge is 2.30. The van der Waals surface area contributed by atoms with E-state index in [1.807, 2.05) is 11.5 Å². The lowest BCUT2D eigenvalue weighted by molar-refractivity contribution is -0.116. The van der Waals surface area contributed by atoms with Gasteiger partial charge in [-0.25, -0.2) is 13.4 Å². The number of ether oxygens (including phenoxy) is 3. The second-order valence-electron chi connectivity index (χ2n) is 11.5. The summed E-state index contributed by atoms with van der Waals surface area (Å²) in [6.45, 7) is 6.65. The fourth-order valence-corrected chi connectivity index (χ4v) is 8.18. The third kappa shape index (κ3) is 6.87. The number of rotatable bonds is 10. The first-order valence-electron chi connectivity index (χ1n) is 14.9. The summed E-state index contributed by atoms with van der Waals surface area (Å²) in [5, 5.41) is 15.6. The summed E-state index contributed by atoms with van der Waals surface area (Å²) in [6, 6.07) is 8.04. The van der Waals surface area contributed by atoms with Crippen LogP contribution in [0.1, 0.15) is 36.6 Å². The van der Waals surface area contributed by atoms with Crippen molar-refractivity contribution in [1.29, 1.82) is 0 Å². The number of para-hydroxylation sites is 1. The molecule has 4 N–H and O–H groups in total. The normalized spacial score (nSPS) is 23.0. The van der Waals surface area contributed by atoms with E-state index in [9.17, 15) is 13.2 Å². The van der Waals surface area contributed by atoms with E-state index in [0.717, 1.165) is 30.9 Å². The van der Waals surface area contributed by atoms with Gasteiger partial charge in [0.2, 0.25) is 5.88 Å². The number of allylic oxidation sites excluding steroid dienone is 1. The van der Waals surface area contributed by atoms with Crippen LogP contribution in [0.4, 0.5) is 5.69 Å². The first-order valence-corrected chi connectivity index (χ1v) is 17.3. The van der Waals surface area contributed by atoms with Crippen molar-refractivity contribution < 1.29 is 27.4 Å². The van der Waals surface area contributed by atoms with Gasteiger partial charge in [0.25, 0.3) is 15.9 Å². The quantitative estimate of drug-likeness (QED) is 0.252. The van der Waals surface area contributed by atoms with E-state index >= 15 is 0 Å². The van der Waals surface area contributed by atoms with E-state index in [2.05, 4.69) is 49.3 Å². The molecular weight excluding hydrogens is 631 g/mol. The molecule has 3 aliphatic rings. The van der Waals surface area contributed by atoms with Gasteiger partial charge in [-0.2, -0.15) is 5.10 Å². The van der Waals surface area contributed by atoms with Gasteiger partial charge < -0.3 is 24.8 Å². The van der Waals surface area contributed by atoms with E-state index in [-0.39, 0.29) is 51.6 Å². The Bertz CT molecular complexity index is 1770. The number of hydrogen-bond acceptors (Lipinski definition) is 11. The Balaban J connectivity index is 1.19. The molecule has 244 valence electrons. The van der Waals surface area contributed by atoms with Gasteiger partial charge in [-0.15, -0.1) is 11.8 Å². The van der Waals surface area contributed by atoms with Gasteiger partial charge in [0.1, 0.15) is 22.0 Å². The molecule has 6 rings (SSSR count). The number of hydrogen-bond donors (Lipinski definition) is 4. The second-order valence-corrected chi connectivity index (χ2v) is 14.2. The summed E-state index contributed by atoms with van der Waals surface area (Å²) >= 11 is 1.59. The number of morpholine rings is 1. The van der Waals surface area contributed by atoms with E-state index in [1.54, 1.807) is 48.4 Å². The Labute approximate surface area is 272 Å². The minimum absolute atomic E-state index is 0.0149. The number of methoxy groups -OCH3 is 2. The monoisotopic (exact) mass is 667 g/mol. The van der Waals surface area contributed by atoms with Crippen LogP contribution in [-0.2, 0) is 26.0 Å². The zero-order chi connectivity index (χ0) is 32.4. The molecule has 1 fully saturated rings. The Morgan fingerprint density at radius 3 is 2.70 bits per heavy atom. The lowest BCUT2D eigenvalue weighted by Gasteiger charge is -2.36. The molecule has 0 saturated carbocycles. The van der Waals surface area contributed by atoms with E-state index in [4.69, 9.17) is 14.2 Å². The van der Waals surface area contributed by atoms with Gasteiger partial charge in [-0.1, -0.05) is 18.2 Å². The molecule has 2 unspecified atom stereocenters. The maximum absolute atomic E-state index is 13.4. The van der Waals surface area contributed by atoms with Crippen molar-refractivity contribution in [3.63, 3.8) is 0 Å². The molecule has 3 aromatic rings. The topological polar surface area (TPSA) is 160 Å². The Hall–Kier alpha value is -4.05. The highest BCUT2D eigenvalue weighted by Crippen LogP contribution is 2.36. The highest BCUT2D eigenvalue weighted by atomic mass is 32.2. The minimum atomic E-state index is -4.04. The van der Waals surface area contributed by atoms with Crippen molar-refractivity contribution in [1.82, 2.24) is 30.7 Å². The van der Waals surface area contributed by atoms with Gasteiger partial charge in [0.15, 0.2) is 0 Å². The highest BCUT2D eigenvalue weighted by molar-refractivity contribution is 8.03. The largest absolute Gasteiger partial charge is 0.495 e.